The highest BCUT2D eigenvalue weighted by atomic mass is 14.9. The van der Waals surface area contributed by atoms with E-state index in [0.717, 1.165) is 19.3 Å². The SMILES string of the molecule is [2H]C1(c2cc[n+](C)c(-c3c(C)ccc4c3Cc3ccccc3-4)c2)CCCCC1. The molecule has 0 N–H and O–H groups in total. The van der Waals surface area contributed by atoms with Crippen molar-refractivity contribution in [2.45, 2.75) is 51.3 Å². The van der Waals surface area contributed by atoms with E-state index in [-0.39, 0.29) is 0 Å². The van der Waals surface area contributed by atoms with Crippen LogP contribution in [0.15, 0.2) is 54.7 Å². The average Bonchev–Trinajstić information content (AvgIpc) is 3.08. The van der Waals surface area contributed by atoms with Crippen LogP contribution in [0.2, 0.25) is 0 Å². The van der Waals surface area contributed by atoms with Crippen molar-refractivity contribution in [1.29, 1.82) is 0 Å². The van der Waals surface area contributed by atoms with Gasteiger partial charge >= 0.3 is 0 Å². The van der Waals surface area contributed by atoms with Crippen LogP contribution in [0.5, 0.6) is 0 Å². The first-order valence-electron chi connectivity index (χ1n) is 10.8. The summed E-state index contributed by atoms with van der Waals surface area (Å²) in [6, 6.07) is 17.8. The summed E-state index contributed by atoms with van der Waals surface area (Å²) in [6.45, 7) is 2.22. The Hall–Kier alpha value is -2.41. The number of aromatic nitrogens is 1. The van der Waals surface area contributed by atoms with E-state index >= 15 is 0 Å². The van der Waals surface area contributed by atoms with Gasteiger partial charge in [-0.15, -0.1) is 0 Å². The van der Waals surface area contributed by atoms with Gasteiger partial charge in [-0.1, -0.05) is 55.7 Å². The van der Waals surface area contributed by atoms with Crippen LogP contribution in [-0.2, 0) is 13.5 Å². The van der Waals surface area contributed by atoms with Crippen molar-refractivity contribution in [3.8, 4) is 22.4 Å². The van der Waals surface area contributed by atoms with E-state index in [9.17, 15) is 0 Å². The number of pyridine rings is 1. The fourth-order valence-electron chi connectivity index (χ4n) is 4.99. The third-order valence-corrected chi connectivity index (χ3v) is 6.47. The third kappa shape index (κ3) is 2.81. The first-order valence-corrected chi connectivity index (χ1v) is 10.3. The van der Waals surface area contributed by atoms with Crippen LogP contribution in [0.3, 0.4) is 0 Å². The highest BCUT2D eigenvalue weighted by Gasteiger charge is 2.27. The summed E-state index contributed by atoms with van der Waals surface area (Å²) < 4.78 is 11.3. The minimum Gasteiger partial charge on any atom is -0.201 e. The minimum absolute atomic E-state index is 0.421. The monoisotopic (exact) mass is 355 g/mol. The molecule has 27 heavy (non-hydrogen) atoms. The molecule has 3 aromatic rings. The van der Waals surface area contributed by atoms with Gasteiger partial charge in [-0.05, 0) is 65.5 Å². The Balaban J connectivity index is 1.68. The summed E-state index contributed by atoms with van der Waals surface area (Å²) in [6.07, 6.45) is 8.76. The van der Waals surface area contributed by atoms with Gasteiger partial charge in [-0.25, -0.2) is 4.57 Å². The molecule has 136 valence electrons. The molecule has 2 aliphatic carbocycles. The number of benzene rings is 2. The van der Waals surface area contributed by atoms with Gasteiger partial charge in [0, 0.05) is 13.5 Å². The summed E-state index contributed by atoms with van der Waals surface area (Å²) in [7, 11) is 2.14. The molecule has 5 rings (SSSR count). The molecule has 2 aliphatic rings. The lowest BCUT2D eigenvalue weighted by molar-refractivity contribution is -0.660. The fraction of sp³-hybridized carbons (Fsp3) is 0.346. The van der Waals surface area contributed by atoms with Gasteiger partial charge in [0.05, 0.1) is 5.56 Å². The summed E-state index contributed by atoms with van der Waals surface area (Å²) in [5.41, 5.74) is 10.7. The maximum Gasteiger partial charge on any atom is 0.213 e. The van der Waals surface area contributed by atoms with Gasteiger partial charge < -0.3 is 0 Å². The Morgan fingerprint density at radius 1 is 0.963 bits per heavy atom. The molecule has 1 fully saturated rings. The predicted molar refractivity (Wildman–Crippen MR) is 112 cm³/mol. The summed E-state index contributed by atoms with van der Waals surface area (Å²) in [5, 5.41) is 0. The molecule has 0 amide bonds. The molecular weight excluding hydrogens is 326 g/mol. The van der Waals surface area contributed by atoms with Crippen molar-refractivity contribution in [3.05, 3.63) is 77.0 Å². The van der Waals surface area contributed by atoms with Crippen LogP contribution in [-0.4, -0.2) is 0 Å². The van der Waals surface area contributed by atoms with E-state index in [1.807, 2.05) is 0 Å². The van der Waals surface area contributed by atoms with Gasteiger partial charge in [0.25, 0.3) is 0 Å². The molecule has 1 heteroatoms. The first-order chi connectivity index (χ1) is 13.6. The van der Waals surface area contributed by atoms with Crippen LogP contribution < -0.4 is 4.57 Å². The topological polar surface area (TPSA) is 3.88 Å². The summed E-state index contributed by atoms with van der Waals surface area (Å²) in [5.74, 6) is -0.421. The lowest BCUT2D eigenvalue weighted by Gasteiger charge is -2.22. The van der Waals surface area contributed by atoms with Gasteiger partial charge in [0.1, 0.15) is 7.05 Å². The van der Waals surface area contributed by atoms with Crippen molar-refractivity contribution in [2.24, 2.45) is 7.05 Å². The highest BCUT2D eigenvalue weighted by molar-refractivity contribution is 5.84. The molecule has 0 bridgehead atoms. The van der Waals surface area contributed by atoms with E-state index in [1.54, 1.807) is 0 Å². The van der Waals surface area contributed by atoms with E-state index in [0.29, 0.717) is 0 Å². The number of hydrogen-bond acceptors (Lipinski definition) is 0. The van der Waals surface area contributed by atoms with Crippen LogP contribution in [0.4, 0.5) is 0 Å². The number of rotatable bonds is 2. The zero-order valence-corrected chi connectivity index (χ0v) is 16.4. The summed E-state index contributed by atoms with van der Waals surface area (Å²) >= 11 is 0. The molecule has 0 aliphatic heterocycles. The smallest absolute Gasteiger partial charge is 0.201 e. The first kappa shape index (κ1) is 15.6. The van der Waals surface area contributed by atoms with Gasteiger partial charge in [0.15, 0.2) is 6.20 Å². The second-order valence-electron chi connectivity index (χ2n) is 8.19. The Bertz CT molecular complexity index is 1060. The predicted octanol–water partition coefficient (Wildman–Crippen LogP) is 6.11. The Labute approximate surface area is 164 Å². The van der Waals surface area contributed by atoms with Crippen LogP contribution >= 0.6 is 0 Å². The molecular formula is C26H28N+. The number of fused-ring (bicyclic) bond motifs is 3. The lowest BCUT2D eigenvalue weighted by Crippen LogP contribution is -2.31. The van der Waals surface area contributed by atoms with Crippen molar-refractivity contribution in [2.75, 3.05) is 0 Å². The maximum atomic E-state index is 9.09. The van der Waals surface area contributed by atoms with Crippen molar-refractivity contribution in [3.63, 3.8) is 0 Å². The zero-order chi connectivity index (χ0) is 19.3. The number of nitrogens with zero attached hydrogens (tertiary/aromatic N) is 1. The number of hydrogen-bond donors (Lipinski definition) is 0. The molecule has 1 nitrogen and oxygen atoms in total. The summed E-state index contributed by atoms with van der Waals surface area (Å²) in [4.78, 5) is 0. The normalized spacial score (nSPS) is 17.9. The zero-order valence-electron chi connectivity index (χ0n) is 17.4. The Morgan fingerprint density at radius 3 is 2.63 bits per heavy atom. The largest absolute Gasteiger partial charge is 0.213 e. The average molecular weight is 356 g/mol. The highest BCUT2D eigenvalue weighted by Crippen LogP contribution is 2.43. The fourth-order valence-corrected chi connectivity index (χ4v) is 4.99. The molecule has 0 saturated heterocycles. The molecule has 0 spiro atoms. The van der Waals surface area contributed by atoms with E-state index < -0.39 is 5.89 Å². The van der Waals surface area contributed by atoms with E-state index in [4.69, 9.17) is 1.37 Å². The van der Waals surface area contributed by atoms with Crippen molar-refractivity contribution >= 4 is 0 Å². The van der Waals surface area contributed by atoms with Gasteiger partial charge in [0.2, 0.25) is 5.69 Å². The number of aryl methyl sites for hydroxylation is 2. The second kappa shape index (κ2) is 6.64. The van der Waals surface area contributed by atoms with E-state index in [2.05, 4.69) is 73.3 Å². The van der Waals surface area contributed by atoms with Gasteiger partial charge in [-0.3, -0.25) is 0 Å². The molecule has 1 aromatic heterocycles. The maximum absolute atomic E-state index is 9.09. The van der Waals surface area contributed by atoms with Crippen molar-refractivity contribution < 1.29 is 5.94 Å². The van der Waals surface area contributed by atoms with Gasteiger partial charge in [-0.2, -0.15) is 0 Å². The van der Waals surface area contributed by atoms with Crippen molar-refractivity contribution in [1.82, 2.24) is 0 Å². The van der Waals surface area contributed by atoms with Crippen LogP contribution in [0.1, 0.15) is 61.6 Å². The minimum atomic E-state index is -0.421. The molecule has 0 atom stereocenters. The standard InChI is InChI=1S/C26H28N/c1-18-12-13-23-22-11-7-6-10-21(22)16-24(23)26(18)25-17-20(14-15-27(25)2)19-8-4-3-5-9-19/h6-7,10-15,17,19H,3-5,8-9,16H2,1-2H3/q+1/i19D. The molecule has 1 heterocycles. The molecule has 1 saturated carbocycles. The molecule has 0 radical (unpaired) electrons. The van der Waals surface area contributed by atoms with Crippen LogP contribution in [0.25, 0.3) is 22.4 Å². The Morgan fingerprint density at radius 2 is 1.78 bits per heavy atom. The Kier molecular flexibility index (Phi) is 3.84. The third-order valence-electron chi connectivity index (χ3n) is 6.47. The quantitative estimate of drug-likeness (QED) is 0.382. The lowest BCUT2D eigenvalue weighted by atomic mass is 9.83. The van der Waals surface area contributed by atoms with Crippen LogP contribution in [0, 0.1) is 6.92 Å². The molecule has 0 unspecified atom stereocenters. The van der Waals surface area contributed by atoms with E-state index in [1.165, 1.54) is 63.9 Å². The molecule has 2 aromatic carbocycles. The second-order valence-corrected chi connectivity index (χ2v) is 8.19.